The van der Waals surface area contributed by atoms with Gasteiger partial charge >= 0.3 is 12.0 Å². The molecule has 1 aliphatic rings. The maximum Gasteiger partial charge on any atom is 0.327 e. The maximum atomic E-state index is 14.2. The van der Waals surface area contributed by atoms with E-state index in [1.807, 2.05) is 0 Å². The molecule has 11 heteroatoms. The van der Waals surface area contributed by atoms with Crippen LogP contribution >= 0.6 is 23.2 Å². The fraction of sp³-hybridized carbons (Fsp3) is 0.273. The molecule has 1 unspecified atom stereocenters. The van der Waals surface area contributed by atoms with Crippen LogP contribution in [0.25, 0.3) is 0 Å². The van der Waals surface area contributed by atoms with Gasteiger partial charge in [0.15, 0.2) is 0 Å². The molecular weight excluding hydrogens is 476 g/mol. The van der Waals surface area contributed by atoms with E-state index < -0.39 is 42.9 Å². The van der Waals surface area contributed by atoms with Crippen molar-refractivity contribution in [2.45, 2.75) is 25.9 Å². The second kappa shape index (κ2) is 10.2. The quantitative estimate of drug-likeness (QED) is 0.556. The maximum absolute atomic E-state index is 14.2. The summed E-state index contributed by atoms with van der Waals surface area (Å²) in [5, 5.41) is 9.77. The molecule has 0 spiro atoms. The summed E-state index contributed by atoms with van der Waals surface area (Å²) in [4.78, 5) is 52.7. The molecule has 8 nitrogen and oxygen atoms in total. The molecular formula is C22H20Cl2FN3O5. The monoisotopic (exact) mass is 495 g/mol. The number of carbonyl (C=O) groups excluding carboxylic acids is 3. The average molecular weight is 496 g/mol. The fourth-order valence-corrected chi connectivity index (χ4v) is 4.10. The molecule has 174 valence electrons. The summed E-state index contributed by atoms with van der Waals surface area (Å²) >= 11 is 12.0. The van der Waals surface area contributed by atoms with Crippen molar-refractivity contribution in [1.82, 2.24) is 9.80 Å². The first-order valence-corrected chi connectivity index (χ1v) is 10.7. The minimum atomic E-state index is -1.23. The van der Waals surface area contributed by atoms with Gasteiger partial charge in [-0.15, -0.1) is 0 Å². The van der Waals surface area contributed by atoms with E-state index in [0.717, 1.165) is 20.8 Å². The summed E-state index contributed by atoms with van der Waals surface area (Å²) in [5.74, 6) is -2.52. The Morgan fingerprint density at radius 2 is 1.85 bits per heavy atom. The Hall–Kier alpha value is -3.17. The van der Waals surface area contributed by atoms with Crippen molar-refractivity contribution in [1.29, 1.82) is 0 Å². The number of benzene rings is 2. The summed E-state index contributed by atoms with van der Waals surface area (Å²) in [6.45, 7) is 0.834. The number of urea groups is 1. The Morgan fingerprint density at radius 3 is 2.48 bits per heavy atom. The first-order valence-electron chi connectivity index (χ1n) is 9.97. The highest BCUT2D eigenvalue weighted by Crippen LogP contribution is 2.41. The molecule has 4 amide bonds. The molecule has 2 aromatic carbocycles. The molecule has 2 aromatic rings. The van der Waals surface area contributed by atoms with Gasteiger partial charge in [-0.05, 0) is 42.8 Å². The Bertz CT molecular complexity index is 1110. The summed E-state index contributed by atoms with van der Waals surface area (Å²) < 4.78 is 14.2. The molecule has 33 heavy (non-hydrogen) atoms. The summed E-state index contributed by atoms with van der Waals surface area (Å²) in [5.41, 5.74) is 0.674. The van der Waals surface area contributed by atoms with E-state index in [-0.39, 0.29) is 23.5 Å². The van der Waals surface area contributed by atoms with Crippen molar-refractivity contribution in [3.05, 3.63) is 63.4 Å². The van der Waals surface area contributed by atoms with Gasteiger partial charge in [-0.3, -0.25) is 24.2 Å². The van der Waals surface area contributed by atoms with Gasteiger partial charge in [0, 0.05) is 27.7 Å². The van der Waals surface area contributed by atoms with Gasteiger partial charge in [-0.2, -0.15) is 0 Å². The van der Waals surface area contributed by atoms with Crippen LogP contribution in [0.2, 0.25) is 10.0 Å². The van der Waals surface area contributed by atoms with E-state index >= 15 is 0 Å². The Labute approximate surface area is 199 Å². The predicted molar refractivity (Wildman–Crippen MR) is 120 cm³/mol. The van der Waals surface area contributed by atoms with Crippen molar-refractivity contribution in [2.75, 3.05) is 18.0 Å². The molecule has 1 N–H and O–H groups in total. The number of carboxylic acid groups (broad SMARTS) is 1. The zero-order valence-electron chi connectivity index (χ0n) is 17.5. The van der Waals surface area contributed by atoms with Gasteiger partial charge in [-0.25, -0.2) is 9.18 Å². The van der Waals surface area contributed by atoms with Crippen molar-refractivity contribution < 1.29 is 28.7 Å². The largest absolute Gasteiger partial charge is 0.480 e. The lowest BCUT2D eigenvalue weighted by Crippen LogP contribution is -2.48. The van der Waals surface area contributed by atoms with Crippen LogP contribution in [0.15, 0.2) is 36.4 Å². The minimum Gasteiger partial charge on any atom is -0.480 e. The van der Waals surface area contributed by atoms with Crippen molar-refractivity contribution in [3.8, 4) is 0 Å². The van der Waals surface area contributed by atoms with E-state index in [1.54, 1.807) is 6.92 Å². The molecule has 0 bridgehead atoms. The van der Waals surface area contributed by atoms with Gasteiger partial charge in [0.05, 0.1) is 12.2 Å². The molecule has 0 radical (unpaired) electrons. The lowest BCUT2D eigenvalue weighted by Gasteiger charge is -2.31. The van der Waals surface area contributed by atoms with Crippen LogP contribution in [-0.2, 0) is 20.9 Å². The Morgan fingerprint density at radius 1 is 1.18 bits per heavy atom. The number of carboxylic acids is 1. The van der Waals surface area contributed by atoms with Gasteiger partial charge in [0.1, 0.15) is 18.4 Å². The van der Waals surface area contributed by atoms with Crippen LogP contribution in [-0.4, -0.2) is 52.3 Å². The molecule has 1 atom stereocenters. The standard InChI is InChI=1S/C22H20Cl2FN3O5/c1-2-7-27(22(33)26(12-29)10-13-8-14(23)3-5-17(13)25)20-16-9-15(24)4-6-18(16)28(21(20)32)11-19(30)31/h3-6,8-9,12,20H,2,7,10-11H2,1H3,(H,30,31). The highest BCUT2D eigenvalue weighted by molar-refractivity contribution is 6.31. The second-order valence-corrected chi connectivity index (χ2v) is 8.24. The molecule has 0 aliphatic carbocycles. The van der Waals surface area contributed by atoms with Crippen LogP contribution in [0.1, 0.15) is 30.5 Å². The zero-order chi connectivity index (χ0) is 24.3. The van der Waals surface area contributed by atoms with Crippen LogP contribution in [0, 0.1) is 5.82 Å². The number of halogens is 3. The van der Waals surface area contributed by atoms with Crippen LogP contribution in [0.5, 0.6) is 0 Å². The third-order valence-electron chi connectivity index (χ3n) is 5.11. The van der Waals surface area contributed by atoms with Gasteiger partial charge in [-0.1, -0.05) is 30.1 Å². The highest BCUT2D eigenvalue weighted by atomic mass is 35.5. The van der Waals surface area contributed by atoms with Crippen LogP contribution in [0.4, 0.5) is 14.9 Å². The summed E-state index contributed by atoms with van der Waals surface area (Å²) in [6, 6.07) is 6.23. The fourth-order valence-electron chi connectivity index (χ4n) is 3.73. The highest BCUT2D eigenvalue weighted by Gasteiger charge is 2.44. The van der Waals surface area contributed by atoms with Crippen molar-refractivity contribution >= 4 is 53.2 Å². The predicted octanol–water partition coefficient (Wildman–Crippen LogP) is 4.10. The van der Waals surface area contributed by atoms with Gasteiger partial charge < -0.3 is 10.0 Å². The lowest BCUT2D eigenvalue weighted by atomic mass is 10.1. The number of carbonyl (C=O) groups is 4. The third-order valence-corrected chi connectivity index (χ3v) is 5.58. The van der Waals surface area contributed by atoms with Crippen LogP contribution in [0.3, 0.4) is 0 Å². The number of amides is 4. The number of imide groups is 1. The van der Waals surface area contributed by atoms with Gasteiger partial charge in [0.25, 0.3) is 5.91 Å². The average Bonchev–Trinajstić information content (AvgIpc) is 3.02. The lowest BCUT2D eigenvalue weighted by molar-refractivity contribution is -0.137. The first-order chi connectivity index (χ1) is 15.7. The number of nitrogens with zero attached hydrogens (tertiary/aromatic N) is 3. The third kappa shape index (κ3) is 5.09. The van der Waals surface area contributed by atoms with Gasteiger partial charge in [0.2, 0.25) is 6.41 Å². The van der Waals surface area contributed by atoms with E-state index in [1.165, 1.54) is 30.3 Å². The number of hydrogen-bond acceptors (Lipinski definition) is 4. The van der Waals surface area contributed by atoms with Crippen molar-refractivity contribution in [2.24, 2.45) is 0 Å². The molecule has 1 heterocycles. The zero-order valence-corrected chi connectivity index (χ0v) is 19.0. The Balaban J connectivity index is 2.00. The molecule has 1 aliphatic heterocycles. The van der Waals surface area contributed by atoms with E-state index in [2.05, 4.69) is 0 Å². The Kier molecular flexibility index (Phi) is 7.55. The number of aliphatic carboxylic acids is 1. The number of hydrogen-bond donors (Lipinski definition) is 1. The first kappa shape index (κ1) is 24.5. The summed E-state index contributed by atoms with van der Waals surface area (Å²) in [7, 11) is 0. The van der Waals surface area contributed by atoms with E-state index in [4.69, 9.17) is 23.2 Å². The SMILES string of the molecule is CCCN(C(=O)N(C=O)Cc1cc(Cl)ccc1F)C1C(=O)N(CC(=O)O)c2ccc(Cl)cc21. The molecule has 0 fully saturated rings. The number of rotatable bonds is 8. The second-order valence-electron chi connectivity index (χ2n) is 7.37. The molecule has 3 rings (SSSR count). The smallest absolute Gasteiger partial charge is 0.327 e. The number of anilines is 1. The minimum absolute atomic E-state index is 0.0214. The molecule has 0 saturated heterocycles. The molecule has 0 aromatic heterocycles. The molecule has 0 saturated carbocycles. The van der Waals surface area contributed by atoms with Crippen molar-refractivity contribution in [3.63, 3.8) is 0 Å². The number of fused-ring (bicyclic) bond motifs is 1. The normalized spacial score (nSPS) is 14.7. The van der Waals surface area contributed by atoms with E-state index in [9.17, 15) is 28.7 Å². The summed E-state index contributed by atoms with van der Waals surface area (Å²) in [6.07, 6.45) is 0.682. The van der Waals surface area contributed by atoms with E-state index in [0.29, 0.717) is 22.7 Å². The van der Waals surface area contributed by atoms with Crippen LogP contribution < -0.4 is 4.90 Å². The topological polar surface area (TPSA) is 98.2 Å².